The molecule has 0 heterocycles. The van der Waals surface area contributed by atoms with Crippen molar-refractivity contribution < 1.29 is 14.3 Å². The van der Waals surface area contributed by atoms with Gasteiger partial charge < -0.3 is 9.47 Å². The molecule has 0 bridgehead atoms. The van der Waals surface area contributed by atoms with Gasteiger partial charge in [-0.1, -0.05) is 82.2 Å². The molecule has 0 aliphatic heterocycles. The maximum atomic E-state index is 12.2. The van der Waals surface area contributed by atoms with Crippen LogP contribution in [0.4, 0.5) is 5.69 Å². The number of rotatable bonds is 15. The van der Waals surface area contributed by atoms with Crippen LogP contribution in [0.3, 0.4) is 0 Å². The fourth-order valence-corrected chi connectivity index (χ4v) is 4.01. The van der Waals surface area contributed by atoms with Crippen molar-refractivity contribution >= 4 is 23.9 Å². The van der Waals surface area contributed by atoms with Gasteiger partial charge in [-0.2, -0.15) is 0 Å². The zero-order chi connectivity index (χ0) is 27.0. The van der Waals surface area contributed by atoms with E-state index in [2.05, 4.69) is 37.9 Å². The first kappa shape index (κ1) is 28.9. The van der Waals surface area contributed by atoms with Crippen molar-refractivity contribution in [2.45, 2.75) is 72.1 Å². The van der Waals surface area contributed by atoms with Crippen molar-refractivity contribution in [2.75, 3.05) is 6.61 Å². The van der Waals surface area contributed by atoms with Crippen LogP contribution in [0.1, 0.15) is 80.5 Å². The van der Waals surface area contributed by atoms with Crippen LogP contribution in [0.25, 0.3) is 6.08 Å². The lowest BCUT2D eigenvalue weighted by atomic mass is 10.1. The molecule has 0 saturated carbocycles. The van der Waals surface area contributed by atoms with Crippen molar-refractivity contribution in [3.63, 3.8) is 0 Å². The third kappa shape index (κ3) is 10.8. The molecule has 0 unspecified atom stereocenters. The molecule has 3 aromatic rings. The van der Waals surface area contributed by atoms with Crippen LogP contribution < -0.4 is 9.47 Å². The summed E-state index contributed by atoms with van der Waals surface area (Å²) >= 11 is 0. The summed E-state index contributed by atoms with van der Waals surface area (Å²) in [5.74, 6) is 0.911. The van der Waals surface area contributed by atoms with Gasteiger partial charge in [0.15, 0.2) is 0 Å². The molecule has 38 heavy (non-hydrogen) atoms. The molecular formula is C34H41NO3. The van der Waals surface area contributed by atoms with Crippen molar-refractivity contribution in [2.24, 2.45) is 4.99 Å². The molecule has 0 atom stereocenters. The maximum Gasteiger partial charge on any atom is 0.336 e. The standard InChI is InChI=1S/C34H41NO3/c1-4-5-6-7-8-9-10-11-24-37-32-19-14-29(15-20-32)16-23-34(36)38-33-21-17-31(18-22-33)35-26-30-13-12-27(2)28(3)25-30/h12-23,25-26H,4-11,24H2,1-3H3/b23-16+,35-26?. The molecule has 3 rings (SSSR count). The molecular weight excluding hydrogens is 470 g/mol. The van der Waals surface area contributed by atoms with Gasteiger partial charge in [0.25, 0.3) is 0 Å². The number of hydrogen-bond donors (Lipinski definition) is 0. The number of carbonyl (C=O) groups is 1. The molecule has 0 fully saturated rings. The number of unbranched alkanes of at least 4 members (excludes halogenated alkanes) is 7. The lowest BCUT2D eigenvalue weighted by molar-refractivity contribution is -0.128. The molecule has 0 radical (unpaired) electrons. The SMILES string of the molecule is CCCCCCCCCCOc1ccc(/C=C/C(=O)Oc2ccc(N=Cc3ccc(C)c(C)c3)cc2)cc1. The van der Waals surface area contributed by atoms with E-state index in [1.807, 2.05) is 48.7 Å². The van der Waals surface area contributed by atoms with Gasteiger partial charge >= 0.3 is 5.97 Å². The van der Waals surface area contributed by atoms with Crippen molar-refractivity contribution in [1.29, 1.82) is 0 Å². The van der Waals surface area contributed by atoms with Crippen LogP contribution in [0.15, 0.2) is 77.8 Å². The third-order valence-corrected chi connectivity index (χ3v) is 6.51. The predicted octanol–water partition coefficient (Wildman–Crippen LogP) is 9.19. The molecule has 4 heteroatoms. The van der Waals surface area contributed by atoms with Crippen LogP contribution in [-0.2, 0) is 4.79 Å². The van der Waals surface area contributed by atoms with Crippen molar-refractivity contribution in [1.82, 2.24) is 0 Å². The maximum absolute atomic E-state index is 12.2. The van der Waals surface area contributed by atoms with E-state index in [-0.39, 0.29) is 0 Å². The van der Waals surface area contributed by atoms with Gasteiger partial charge in [-0.05, 0) is 85.0 Å². The highest BCUT2D eigenvalue weighted by atomic mass is 16.5. The van der Waals surface area contributed by atoms with Gasteiger partial charge in [-0.25, -0.2) is 4.79 Å². The Hall–Kier alpha value is -3.66. The average Bonchev–Trinajstić information content (AvgIpc) is 2.93. The zero-order valence-corrected chi connectivity index (χ0v) is 23.1. The number of nitrogens with zero attached hydrogens (tertiary/aromatic N) is 1. The quantitative estimate of drug-likeness (QED) is 0.0672. The van der Waals surface area contributed by atoms with Crippen LogP contribution >= 0.6 is 0 Å². The Morgan fingerprint density at radius 1 is 0.737 bits per heavy atom. The minimum atomic E-state index is -0.425. The second-order valence-corrected chi connectivity index (χ2v) is 9.74. The first-order valence-electron chi connectivity index (χ1n) is 13.9. The lowest BCUT2D eigenvalue weighted by Gasteiger charge is -2.06. The predicted molar refractivity (Wildman–Crippen MR) is 159 cm³/mol. The van der Waals surface area contributed by atoms with E-state index in [4.69, 9.17) is 9.47 Å². The number of ether oxygens (including phenoxy) is 2. The Morgan fingerprint density at radius 3 is 2.05 bits per heavy atom. The number of carbonyl (C=O) groups excluding carboxylic acids is 1. The van der Waals surface area contributed by atoms with Crippen LogP contribution in [0.2, 0.25) is 0 Å². The Bertz CT molecular complexity index is 1180. The fraction of sp³-hybridized carbons (Fsp3) is 0.353. The molecule has 0 N–H and O–H groups in total. The lowest BCUT2D eigenvalue weighted by Crippen LogP contribution is -2.03. The summed E-state index contributed by atoms with van der Waals surface area (Å²) in [6.07, 6.45) is 15.3. The minimum absolute atomic E-state index is 0.425. The summed E-state index contributed by atoms with van der Waals surface area (Å²) in [6.45, 7) is 7.18. The fourth-order valence-electron chi connectivity index (χ4n) is 4.01. The summed E-state index contributed by atoms with van der Waals surface area (Å²) in [4.78, 5) is 16.8. The first-order valence-corrected chi connectivity index (χ1v) is 13.9. The normalized spacial score (nSPS) is 11.3. The first-order chi connectivity index (χ1) is 18.5. The van der Waals surface area contributed by atoms with Gasteiger partial charge in [-0.15, -0.1) is 0 Å². The minimum Gasteiger partial charge on any atom is -0.494 e. The molecule has 0 aliphatic carbocycles. The van der Waals surface area contributed by atoms with Gasteiger partial charge in [-0.3, -0.25) is 4.99 Å². The Balaban J connectivity index is 1.37. The third-order valence-electron chi connectivity index (χ3n) is 6.51. The molecule has 200 valence electrons. The van der Waals surface area contributed by atoms with E-state index >= 15 is 0 Å². The molecule has 0 spiro atoms. The number of aliphatic imine (C=N–C) groups is 1. The molecule has 0 aliphatic rings. The van der Waals surface area contributed by atoms with Crippen molar-refractivity contribution in [3.05, 3.63) is 95.1 Å². The van der Waals surface area contributed by atoms with Gasteiger partial charge in [0, 0.05) is 12.3 Å². The van der Waals surface area contributed by atoms with Crippen LogP contribution in [-0.4, -0.2) is 18.8 Å². The Kier molecular flexibility index (Phi) is 12.4. The second-order valence-electron chi connectivity index (χ2n) is 9.74. The average molecular weight is 512 g/mol. The smallest absolute Gasteiger partial charge is 0.336 e. The van der Waals surface area contributed by atoms with Crippen molar-refractivity contribution in [3.8, 4) is 11.5 Å². The summed E-state index contributed by atoms with van der Waals surface area (Å²) in [6, 6.07) is 21.2. The Morgan fingerprint density at radius 2 is 1.37 bits per heavy atom. The van der Waals surface area contributed by atoms with Gasteiger partial charge in [0.1, 0.15) is 11.5 Å². The molecule has 0 saturated heterocycles. The Labute approximate surface area is 228 Å². The monoisotopic (exact) mass is 511 g/mol. The van der Waals surface area contributed by atoms with E-state index in [1.54, 1.807) is 18.2 Å². The summed E-state index contributed by atoms with van der Waals surface area (Å²) in [5.41, 5.74) is 5.26. The van der Waals surface area contributed by atoms with Crippen LogP contribution in [0, 0.1) is 13.8 Å². The number of esters is 1. The topological polar surface area (TPSA) is 47.9 Å². The van der Waals surface area contributed by atoms with E-state index in [0.717, 1.165) is 35.6 Å². The molecule has 4 nitrogen and oxygen atoms in total. The highest BCUT2D eigenvalue weighted by Gasteiger charge is 2.02. The summed E-state index contributed by atoms with van der Waals surface area (Å²) < 4.78 is 11.3. The van der Waals surface area contributed by atoms with Gasteiger partial charge in [0.2, 0.25) is 0 Å². The second kappa shape index (κ2) is 16.2. The highest BCUT2D eigenvalue weighted by molar-refractivity contribution is 5.88. The van der Waals surface area contributed by atoms with E-state index in [1.165, 1.54) is 62.1 Å². The largest absolute Gasteiger partial charge is 0.494 e. The highest BCUT2D eigenvalue weighted by Crippen LogP contribution is 2.19. The summed E-state index contributed by atoms with van der Waals surface area (Å²) in [7, 11) is 0. The van der Waals surface area contributed by atoms with E-state index in [0.29, 0.717) is 5.75 Å². The van der Waals surface area contributed by atoms with Gasteiger partial charge in [0.05, 0.1) is 12.3 Å². The number of benzene rings is 3. The number of hydrogen-bond acceptors (Lipinski definition) is 4. The molecule has 3 aromatic carbocycles. The van der Waals surface area contributed by atoms with E-state index in [9.17, 15) is 4.79 Å². The van der Waals surface area contributed by atoms with Crippen LogP contribution in [0.5, 0.6) is 11.5 Å². The molecule has 0 aromatic heterocycles. The zero-order valence-electron chi connectivity index (χ0n) is 23.1. The number of aryl methyl sites for hydroxylation is 2. The summed E-state index contributed by atoms with van der Waals surface area (Å²) in [5, 5.41) is 0. The molecule has 0 amide bonds. The van der Waals surface area contributed by atoms with E-state index < -0.39 is 5.97 Å².